The molecular formula is C21H32N4O4. The number of nitrogens with one attached hydrogen (secondary N) is 3. The Morgan fingerprint density at radius 1 is 1.21 bits per heavy atom. The van der Waals surface area contributed by atoms with Crippen molar-refractivity contribution >= 4 is 11.9 Å². The number of guanidine groups is 1. The summed E-state index contributed by atoms with van der Waals surface area (Å²) in [7, 11) is 0. The maximum atomic E-state index is 12.0. The average Bonchev–Trinajstić information content (AvgIpc) is 3.24. The molecule has 2 rings (SSSR count). The van der Waals surface area contributed by atoms with Crippen molar-refractivity contribution in [2.24, 2.45) is 4.99 Å². The van der Waals surface area contributed by atoms with Gasteiger partial charge in [-0.15, -0.1) is 0 Å². The number of amides is 1. The third-order valence-corrected chi connectivity index (χ3v) is 4.51. The Balaban J connectivity index is 1.82. The Morgan fingerprint density at radius 3 is 2.52 bits per heavy atom. The fraction of sp³-hybridized carbons (Fsp3) is 0.524. The molecule has 1 unspecified atom stereocenters. The Bertz CT molecular complexity index is 836. The molecule has 29 heavy (non-hydrogen) atoms. The van der Waals surface area contributed by atoms with Gasteiger partial charge in [-0.25, -0.2) is 4.99 Å². The van der Waals surface area contributed by atoms with Gasteiger partial charge in [-0.2, -0.15) is 0 Å². The van der Waals surface area contributed by atoms with E-state index in [9.17, 15) is 9.90 Å². The summed E-state index contributed by atoms with van der Waals surface area (Å²) in [6.45, 7) is 11.2. The largest absolute Gasteiger partial charge is 0.466 e. The fourth-order valence-corrected chi connectivity index (χ4v) is 3.01. The standard InChI is InChI=1S/C21H32N4O4/c1-6-22-20(25-13-21(5,27)17-12-15(3)29-16(17)4)24-10-7-9-23-19(26)18-14(2)8-11-28-18/h8,11-12,27H,6-7,9-10,13H2,1-5H3,(H,23,26)(H2,22,24,25). The zero-order valence-electron chi connectivity index (χ0n) is 17.9. The number of hydrogen-bond donors (Lipinski definition) is 4. The Kier molecular flexibility index (Phi) is 7.90. The number of carbonyl (C=O) groups is 1. The first-order valence-electron chi connectivity index (χ1n) is 9.89. The minimum Gasteiger partial charge on any atom is -0.466 e. The second-order valence-electron chi connectivity index (χ2n) is 7.26. The van der Waals surface area contributed by atoms with Gasteiger partial charge in [0.1, 0.15) is 17.1 Å². The van der Waals surface area contributed by atoms with E-state index in [2.05, 4.69) is 20.9 Å². The highest BCUT2D eigenvalue weighted by molar-refractivity contribution is 5.92. The fourth-order valence-electron chi connectivity index (χ4n) is 3.01. The quantitative estimate of drug-likeness (QED) is 0.290. The van der Waals surface area contributed by atoms with Crippen LogP contribution in [-0.2, 0) is 5.60 Å². The highest BCUT2D eigenvalue weighted by atomic mass is 16.3. The summed E-state index contributed by atoms with van der Waals surface area (Å²) in [6.07, 6.45) is 2.22. The summed E-state index contributed by atoms with van der Waals surface area (Å²) in [5.41, 5.74) is 0.432. The van der Waals surface area contributed by atoms with Crippen molar-refractivity contribution in [3.05, 3.63) is 46.8 Å². The summed E-state index contributed by atoms with van der Waals surface area (Å²) < 4.78 is 10.7. The number of carbonyl (C=O) groups excluding carboxylic acids is 1. The van der Waals surface area contributed by atoms with Gasteiger partial charge >= 0.3 is 0 Å². The molecule has 0 fully saturated rings. The molecule has 0 aliphatic carbocycles. The maximum absolute atomic E-state index is 12.0. The molecule has 0 aromatic carbocycles. The van der Waals surface area contributed by atoms with Crippen molar-refractivity contribution in [3.63, 3.8) is 0 Å². The van der Waals surface area contributed by atoms with Gasteiger partial charge in [0, 0.05) is 30.8 Å². The molecule has 0 aliphatic heterocycles. The Hall–Kier alpha value is -2.74. The number of furan rings is 2. The maximum Gasteiger partial charge on any atom is 0.287 e. The van der Waals surface area contributed by atoms with Crippen LogP contribution in [0.4, 0.5) is 0 Å². The zero-order chi connectivity index (χ0) is 21.4. The van der Waals surface area contributed by atoms with Crippen LogP contribution in [-0.4, -0.2) is 43.2 Å². The molecule has 0 saturated heterocycles. The average molecular weight is 405 g/mol. The van der Waals surface area contributed by atoms with Crippen molar-refractivity contribution in [1.82, 2.24) is 16.0 Å². The van der Waals surface area contributed by atoms with Gasteiger partial charge in [-0.1, -0.05) is 0 Å². The minimum atomic E-state index is -1.13. The lowest BCUT2D eigenvalue weighted by atomic mass is 9.96. The van der Waals surface area contributed by atoms with Crippen LogP contribution < -0.4 is 16.0 Å². The Morgan fingerprint density at radius 2 is 1.93 bits per heavy atom. The second kappa shape index (κ2) is 10.2. The number of aryl methyl sites for hydroxylation is 3. The van der Waals surface area contributed by atoms with Gasteiger partial charge < -0.3 is 29.9 Å². The van der Waals surface area contributed by atoms with E-state index < -0.39 is 5.60 Å². The summed E-state index contributed by atoms with van der Waals surface area (Å²) in [5, 5.41) is 20.0. The van der Waals surface area contributed by atoms with Gasteiger partial charge in [0.05, 0.1) is 12.8 Å². The molecule has 0 radical (unpaired) electrons. The van der Waals surface area contributed by atoms with Gasteiger partial charge in [0.15, 0.2) is 11.7 Å². The summed E-state index contributed by atoms with van der Waals surface area (Å²) in [5.74, 6) is 2.20. The molecule has 0 saturated carbocycles. The van der Waals surface area contributed by atoms with Gasteiger partial charge in [0.25, 0.3) is 5.91 Å². The lowest BCUT2D eigenvalue weighted by Gasteiger charge is -2.21. The summed E-state index contributed by atoms with van der Waals surface area (Å²) in [4.78, 5) is 16.5. The lowest BCUT2D eigenvalue weighted by Crippen LogP contribution is -2.40. The third kappa shape index (κ3) is 6.39. The van der Waals surface area contributed by atoms with Crippen LogP contribution >= 0.6 is 0 Å². The van der Waals surface area contributed by atoms with Crippen LogP contribution in [0, 0.1) is 20.8 Å². The topological polar surface area (TPSA) is 112 Å². The number of hydrogen-bond acceptors (Lipinski definition) is 5. The summed E-state index contributed by atoms with van der Waals surface area (Å²) in [6, 6.07) is 3.60. The van der Waals surface area contributed by atoms with Crippen LogP contribution in [0.1, 0.15) is 53.5 Å². The molecule has 160 valence electrons. The van der Waals surface area contributed by atoms with Crippen molar-refractivity contribution in [2.75, 3.05) is 26.2 Å². The number of rotatable bonds is 9. The smallest absolute Gasteiger partial charge is 0.287 e. The van der Waals surface area contributed by atoms with Crippen LogP contribution in [0.15, 0.2) is 32.2 Å². The van der Waals surface area contributed by atoms with E-state index in [4.69, 9.17) is 8.83 Å². The first kappa shape index (κ1) is 22.5. The van der Waals surface area contributed by atoms with Crippen molar-refractivity contribution in [1.29, 1.82) is 0 Å². The van der Waals surface area contributed by atoms with Crippen molar-refractivity contribution in [3.8, 4) is 0 Å². The SMILES string of the molecule is CCNC(=NCC(C)(O)c1cc(C)oc1C)NCCCNC(=O)c1occc1C. The van der Waals surface area contributed by atoms with E-state index in [1.807, 2.05) is 33.8 Å². The molecule has 1 atom stereocenters. The van der Waals surface area contributed by atoms with Crippen LogP contribution in [0.2, 0.25) is 0 Å². The molecule has 2 heterocycles. The first-order valence-corrected chi connectivity index (χ1v) is 9.89. The number of nitrogens with zero attached hydrogens (tertiary/aromatic N) is 1. The van der Waals surface area contributed by atoms with Crippen LogP contribution in [0.25, 0.3) is 0 Å². The highest BCUT2D eigenvalue weighted by Crippen LogP contribution is 2.27. The summed E-state index contributed by atoms with van der Waals surface area (Å²) >= 11 is 0. The van der Waals surface area contributed by atoms with E-state index in [1.165, 1.54) is 6.26 Å². The molecule has 8 heteroatoms. The predicted molar refractivity (Wildman–Crippen MR) is 112 cm³/mol. The molecule has 0 aliphatic rings. The monoisotopic (exact) mass is 404 g/mol. The van der Waals surface area contributed by atoms with Crippen molar-refractivity contribution in [2.45, 2.75) is 46.6 Å². The zero-order valence-corrected chi connectivity index (χ0v) is 17.9. The van der Waals surface area contributed by atoms with Crippen molar-refractivity contribution < 1.29 is 18.7 Å². The van der Waals surface area contributed by atoms with E-state index >= 15 is 0 Å². The molecule has 1 amide bonds. The second-order valence-corrected chi connectivity index (χ2v) is 7.26. The van der Waals surface area contributed by atoms with E-state index in [-0.39, 0.29) is 12.5 Å². The molecule has 0 spiro atoms. The van der Waals surface area contributed by atoms with Gasteiger partial charge in [0.2, 0.25) is 0 Å². The van der Waals surface area contributed by atoms with Crippen LogP contribution in [0.3, 0.4) is 0 Å². The molecule has 2 aromatic rings. The molecule has 4 N–H and O–H groups in total. The van der Waals surface area contributed by atoms with Gasteiger partial charge in [-0.3, -0.25) is 4.79 Å². The predicted octanol–water partition coefficient (Wildman–Crippen LogP) is 2.38. The molecule has 0 bridgehead atoms. The molecular weight excluding hydrogens is 372 g/mol. The normalized spacial score (nSPS) is 13.8. The van der Waals surface area contributed by atoms with Gasteiger partial charge in [-0.05, 0) is 53.2 Å². The number of aliphatic imine (C=N–C) groups is 1. The lowest BCUT2D eigenvalue weighted by molar-refractivity contribution is 0.0656. The number of aliphatic hydroxyl groups is 1. The molecule has 2 aromatic heterocycles. The first-order chi connectivity index (χ1) is 13.7. The van der Waals surface area contributed by atoms with Crippen LogP contribution in [0.5, 0.6) is 0 Å². The van der Waals surface area contributed by atoms with E-state index in [1.54, 1.807) is 13.0 Å². The van der Waals surface area contributed by atoms with E-state index in [0.717, 1.165) is 16.9 Å². The minimum absolute atomic E-state index is 0.191. The van der Waals surface area contributed by atoms with E-state index in [0.29, 0.717) is 43.5 Å². The Labute approximate surface area is 171 Å². The highest BCUT2D eigenvalue weighted by Gasteiger charge is 2.27. The third-order valence-electron chi connectivity index (χ3n) is 4.51. The molecule has 8 nitrogen and oxygen atoms in total.